The lowest BCUT2D eigenvalue weighted by Gasteiger charge is -2.19. The van der Waals surface area contributed by atoms with E-state index in [1.165, 1.54) is 162 Å². The lowest BCUT2D eigenvalue weighted by molar-refractivity contribution is -0.137. The second kappa shape index (κ2) is 59.0. The predicted octanol–water partition coefficient (Wildman–Crippen LogP) is 36.1. The number of hydrogen-bond donors (Lipinski definition) is 0. The Morgan fingerprint density at radius 3 is 1.05 bits per heavy atom. The first-order valence-corrected chi connectivity index (χ1v) is 41.8. The minimum Gasteiger partial charge on any atom is -0.207 e. The molecule has 0 heterocycles. The molecule has 0 amide bonds. The molecule has 0 aromatic heterocycles. The van der Waals surface area contributed by atoms with Gasteiger partial charge in [-0.1, -0.05) is 459 Å². The van der Waals surface area contributed by atoms with Crippen molar-refractivity contribution in [3.8, 4) is 0 Å². The Bertz CT molecular complexity index is 5470. The van der Waals surface area contributed by atoms with Gasteiger partial charge in [-0.15, -0.1) is 0 Å². The fourth-order valence-electron chi connectivity index (χ4n) is 12.2. The van der Waals surface area contributed by atoms with E-state index < -0.39 is 11.7 Å². The molecule has 8 heteroatoms. The van der Waals surface area contributed by atoms with Crippen LogP contribution in [0.25, 0.3) is 72.9 Å². The number of benzene rings is 14. The second-order valence-corrected chi connectivity index (χ2v) is 29.5. The molecule has 0 aliphatic heterocycles. The van der Waals surface area contributed by atoms with Crippen LogP contribution in [0.3, 0.4) is 0 Å². The van der Waals surface area contributed by atoms with Crippen molar-refractivity contribution in [3.63, 3.8) is 0 Å². The Labute approximate surface area is 763 Å². The predicted molar refractivity (Wildman–Crippen MR) is 548 cm³/mol. The van der Waals surface area contributed by atoms with Crippen LogP contribution in [0.2, 0.25) is 10.0 Å². The molecular weight excluding hydrogens is 1610 g/mol. The van der Waals surface area contributed by atoms with Crippen molar-refractivity contribution < 1.29 is 26.3 Å². The first-order chi connectivity index (χ1) is 61.0. The highest BCUT2D eigenvalue weighted by Crippen LogP contribution is 2.33. The number of fused-ring (bicyclic) bond motifs is 1. The molecule has 1 aliphatic carbocycles. The smallest absolute Gasteiger partial charge is 0.207 e. The lowest BCUT2D eigenvalue weighted by Crippen LogP contribution is -2.07. The molecule has 0 fully saturated rings. The van der Waals surface area contributed by atoms with Gasteiger partial charge in [-0.05, 0) is 233 Å². The molecule has 127 heavy (non-hydrogen) atoms. The van der Waals surface area contributed by atoms with E-state index in [4.69, 9.17) is 23.2 Å². The zero-order valence-electron chi connectivity index (χ0n) is 74.1. The first-order valence-electron chi connectivity index (χ1n) is 41.1. The van der Waals surface area contributed by atoms with Crippen molar-refractivity contribution in [2.24, 2.45) is 0 Å². The van der Waals surface area contributed by atoms with Gasteiger partial charge in [0.05, 0.1) is 5.56 Å². The van der Waals surface area contributed by atoms with Gasteiger partial charge in [-0.2, -0.15) is 13.2 Å². The fourth-order valence-corrected chi connectivity index (χ4v) is 12.6. The van der Waals surface area contributed by atoms with Gasteiger partial charge in [0.1, 0.15) is 17.5 Å². The molecule has 0 radical (unpaired) electrons. The van der Waals surface area contributed by atoms with Gasteiger partial charge in [0.15, 0.2) is 0 Å². The van der Waals surface area contributed by atoms with E-state index in [1.807, 2.05) is 109 Å². The number of hydrogen-bond acceptors (Lipinski definition) is 0. The van der Waals surface area contributed by atoms with Gasteiger partial charge >= 0.3 is 6.18 Å². The van der Waals surface area contributed by atoms with Crippen molar-refractivity contribution >= 4 is 96.1 Å². The van der Waals surface area contributed by atoms with Gasteiger partial charge in [0, 0.05) is 21.5 Å². The molecule has 0 saturated heterocycles. The van der Waals surface area contributed by atoms with Gasteiger partial charge in [-0.3, -0.25) is 0 Å². The summed E-state index contributed by atoms with van der Waals surface area (Å²) < 4.78 is 73.0. The number of alkyl halides is 3. The molecule has 0 saturated carbocycles. The maximum absolute atomic E-state index is 12.5. The van der Waals surface area contributed by atoms with Crippen LogP contribution in [0.15, 0.2) is 407 Å². The summed E-state index contributed by atoms with van der Waals surface area (Å²) in [4.78, 5) is 0. The number of aryl methyl sites for hydroxylation is 9. The van der Waals surface area contributed by atoms with Gasteiger partial charge in [0.2, 0.25) is 0 Å². The zero-order valence-corrected chi connectivity index (χ0v) is 75.6. The Hall–Kier alpha value is -13.9. The minimum absolute atomic E-state index is 0.208. The molecule has 0 atom stereocenters. The van der Waals surface area contributed by atoms with E-state index in [2.05, 4.69) is 285 Å². The molecular formula is C119H116Cl2F6. The van der Waals surface area contributed by atoms with Crippen molar-refractivity contribution in [2.75, 3.05) is 0 Å². The summed E-state index contributed by atoms with van der Waals surface area (Å²) in [5.41, 5.74) is 27.8. The summed E-state index contributed by atoms with van der Waals surface area (Å²) in [6, 6.07) is 103. The molecule has 0 nitrogen and oxygen atoms in total. The third-order valence-corrected chi connectivity index (χ3v) is 19.8. The molecule has 14 aromatic rings. The maximum atomic E-state index is 12.5. The third kappa shape index (κ3) is 40.1. The molecule has 0 bridgehead atoms. The van der Waals surface area contributed by atoms with Crippen LogP contribution in [-0.2, 0) is 19.0 Å². The molecule has 15 rings (SSSR count). The monoisotopic (exact) mass is 1730 g/mol. The zero-order chi connectivity index (χ0) is 93.5. The number of rotatable bonds is 15. The minimum atomic E-state index is -4.25. The largest absolute Gasteiger partial charge is 0.416 e. The summed E-state index contributed by atoms with van der Waals surface area (Å²) in [5.74, 6) is -0.369. The highest BCUT2D eigenvalue weighted by molar-refractivity contribution is 6.32. The molecule has 0 spiro atoms. The van der Waals surface area contributed by atoms with Crippen LogP contribution in [0, 0.1) is 65.9 Å². The van der Waals surface area contributed by atoms with Gasteiger partial charge < -0.3 is 0 Å². The Balaban J connectivity index is 0.000000294. The van der Waals surface area contributed by atoms with E-state index in [-0.39, 0.29) is 23.4 Å². The lowest BCUT2D eigenvalue weighted by atomic mass is 9.85. The Morgan fingerprint density at radius 1 is 0.268 bits per heavy atom. The molecule has 14 aromatic carbocycles. The number of halogens is 8. The van der Waals surface area contributed by atoms with Crippen LogP contribution in [0.1, 0.15) is 145 Å². The first kappa shape index (κ1) is 105. The summed E-state index contributed by atoms with van der Waals surface area (Å²) in [5, 5.41) is 1.51. The fraction of sp³-hybridized carbons (Fsp3) is 0.0924. The van der Waals surface area contributed by atoms with Gasteiger partial charge in [0.25, 0.3) is 0 Å². The standard InChI is InChI=1S/C21H18.C11H14.C10H10.C10H12.C9H7F3.2C9H10.2C8H7Cl.3C8H7F/c1-2-17-13-15-20(16-14-17)21(18-9-5-3-6-10-18)19-11-7-4-8-12-19;1-5-11-9(3)6-8(2)7-10(11)4;1-2-8-3-4-9-5-6-10(9)7-8;1-4-10-6-5-8(2)7-9(10)3;1-2-7-3-5-8(6-4-7)9(10,11)12;1-3-9-6-4-5-8(2)7-9;1-3-9-7-5-4-6-8(9)2;1-2-7-4-3-5-8(9)6-7;1-2-7-5-3-4-6-8(7)9;1-2-7-3-5-8(9)6-4-7;1-2-7-4-3-5-8(9)6-7;1-2-7-5-3-4-6-8(7)9/h2-16,21H,1H2;5-7H,1H2,2-4H3;2-4,7H,1,5-6H2;4-7H,1H2,2-3H3;2-6H,1H2;2*3-7H,1H2,2H3;5*2-6H,1H2. The summed E-state index contributed by atoms with van der Waals surface area (Å²) >= 11 is 11.4. The van der Waals surface area contributed by atoms with Crippen LogP contribution in [0.5, 0.6) is 0 Å². The summed E-state index contributed by atoms with van der Waals surface area (Å²) in [6.45, 7) is 58.3. The van der Waals surface area contributed by atoms with Crippen molar-refractivity contribution in [1.82, 2.24) is 0 Å². The van der Waals surface area contributed by atoms with Crippen molar-refractivity contribution in [1.29, 1.82) is 0 Å². The van der Waals surface area contributed by atoms with Crippen LogP contribution >= 0.6 is 23.2 Å². The highest BCUT2D eigenvalue weighted by Gasteiger charge is 2.30. The average Bonchev–Trinajstić information content (AvgIpc) is 0.814. The van der Waals surface area contributed by atoms with Crippen molar-refractivity contribution in [2.45, 2.75) is 73.4 Å². The van der Waals surface area contributed by atoms with E-state index in [0.29, 0.717) is 11.1 Å². The van der Waals surface area contributed by atoms with Crippen LogP contribution < -0.4 is 0 Å². The summed E-state index contributed by atoms with van der Waals surface area (Å²) in [7, 11) is 0. The van der Waals surface area contributed by atoms with E-state index in [1.54, 1.807) is 66.8 Å². The van der Waals surface area contributed by atoms with Crippen molar-refractivity contribution in [3.05, 3.63) is 573 Å². The normalized spacial score (nSPS) is 9.92. The Morgan fingerprint density at radius 2 is 0.661 bits per heavy atom. The van der Waals surface area contributed by atoms with Crippen LogP contribution in [-0.4, -0.2) is 0 Å². The van der Waals surface area contributed by atoms with Crippen LogP contribution in [0.4, 0.5) is 26.3 Å². The maximum Gasteiger partial charge on any atom is 0.416 e. The second-order valence-electron chi connectivity index (χ2n) is 28.7. The molecule has 1 aliphatic rings. The third-order valence-electron chi connectivity index (χ3n) is 19.2. The molecule has 0 N–H and O–H groups in total. The highest BCUT2D eigenvalue weighted by atomic mass is 35.5. The molecule has 648 valence electrons. The van der Waals surface area contributed by atoms with E-state index in [9.17, 15) is 26.3 Å². The van der Waals surface area contributed by atoms with E-state index >= 15 is 0 Å². The average molecular weight is 1730 g/mol. The molecule has 0 unspecified atom stereocenters. The topological polar surface area (TPSA) is 0 Å². The SMILES string of the molecule is C=Cc1c(C)cc(C)cc1C.C=Cc1ccc(C(F)(F)F)cc1.C=Cc1ccc(C(c2ccccc2)c2ccccc2)cc1.C=Cc1ccc(C)cc1C.C=Cc1ccc(F)cc1.C=Cc1ccc2c(c1)CC2.C=Cc1cccc(C)c1.C=Cc1cccc(Cl)c1.C=Cc1cccc(F)c1.C=Cc1ccccc1C.C=Cc1ccccc1Cl.C=Cc1ccccc1F. The van der Waals surface area contributed by atoms with Gasteiger partial charge in [-0.25, -0.2) is 13.2 Å². The quantitative estimate of drug-likeness (QED) is 0.0709. The Kier molecular flexibility index (Phi) is 49.0. The van der Waals surface area contributed by atoms with E-state index in [0.717, 1.165) is 50.0 Å². The summed E-state index contributed by atoms with van der Waals surface area (Å²) in [6.07, 6.45) is 19.4.